The van der Waals surface area contributed by atoms with Gasteiger partial charge in [0, 0.05) is 22.0 Å². The Morgan fingerprint density at radius 2 is 2.35 bits per heavy atom. The number of amides is 1. The molecule has 0 saturated heterocycles. The maximum atomic E-state index is 13.4. The summed E-state index contributed by atoms with van der Waals surface area (Å²) in [5.74, 6) is -0.719. The Bertz CT molecular complexity index is 532. The summed E-state index contributed by atoms with van der Waals surface area (Å²) in [5, 5.41) is 7.73. The minimum atomic E-state index is -0.363. The van der Waals surface area contributed by atoms with E-state index in [0.29, 0.717) is 5.56 Å². The Morgan fingerprint density at radius 3 is 3.06 bits per heavy atom. The second-order valence-electron chi connectivity index (χ2n) is 3.21. The van der Waals surface area contributed by atoms with Gasteiger partial charge in [0.1, 0.15) is 5.82 Å². The predicted octanol–water partition coefficient (Wildman–Crippen LogP) is 2.37. The third kappa shape index (κ3) is 3.07. The van der Waals surface area contributed by atoms with Crippen molar-refractivity contribution in [3.8, 4) is 0 Å². The first kappa shape index (κ1) is 12.1. The number of rotatable bonds is 3. The van der Waals surface area contributed by atoms with Crippen molar-refractivity contribution in [3.63, 3.8) is 0 Å². The number of hydrogen-bond donors (Lipinski definition) is 1. The molecule has 88 valence electrons. The smallest absolute Gasteiger partial charge is 0.273 e. The van der Waals surface area contributed by atoms with E-state index in [1.165, 1.54) is 11.4 Å². The van der Waals surface area contributed by atoms with Crippen molar-refractivity contribution in [1.29, 1.82) is 0 Å². The number of nitrogens with one attached hydrogen (secondary N) is 1. The molecule has 1 aromatic carbocycles. The quantitative estimate of drug-likeness (QED) is 0.946. The Morgan fingerprint density at radius 1 is 1.53 bits per heavy atom. The van der Waals surface area contributed by atoms with Crippen LogP contribution in [-0.2, 0) is 6.54 Å². The molecular weight excluding hydrogens is 309 g/mol. The number of benzene rings is 1. The summed E-state index contributed by atoms with van der Waals surface area (Å²) >= 11 is 4.33. The second-order valence-corrected chi connectivity index (χ2v) is 4.73. The molecule has 0 radical (unpaired) electrons. The molecule has 1 aromatic heterocycles. The van der Waals surface area contributed by atoms with Gasteiger partial charge >= 0.3 is 0 Å². The zero-order valence-electron chi connectivity index (χ0n) is 8.48. The number of aromatic nitrogens is 2. The Labute approximate surface area is 109 Å². The molecule has 1 N–H and O–H groups in total. The highest BCUT2D eigenvalue weighted by Crippen LogP contribution is 2.15. The fraction of sp³-hybridized carbons (Fsp3) is 0.100. The van der Waals surface area contributed by atoms with Crippen molar-refractivity contribution in [2.24, 2.45) is 0 Å². The van der Waals surface area contributed by atoms with Crippen LogP contribution in [0.5, 0.6) is 0 Å². The predicted molar refractivity (Wildman–Crippen MR) is 65.2 cm³/mol. The standard InChI is InChI=1S/C10H7BrFN3OS/c11-7-1-2-8(12)6(3-7)4-13-10(16)9-5-17-15-14-9/h1-3,5H,4H2,(H,13,16). The van der Waals surface area contributed by atoms with E-state index in [1.807, 2.05) is 0 Å². The number of halogens is 2. The molecule has 0 bridgehead atoms. The van der Waals surface area contributed by atoms with Gasteiger partial charge in [-0.2, -0.15) is 0 Å². The average molecular weight is 316 g/mol. The van der Waals surface area contributed by atoms with Crippen LogP contribution in [0.4, 0.5) is 4.39 Å². The molecule has 0 fully saturated rings. The highest BCUT2D eigenvalue weighted by atomic mass is 79.9. The van der Waals surface area contributed by atoms with E-state index in [0.717, 1.165) is 16.0 Å². The molecule has 1 amide bonds. The lowest BCUT2D eigenvalue weighted by molar-refractivity contribution is 0.0945. The molecule has 1 heterocycles. The zero-order chi connectivity index (χ0) is 12.3. The molecule has 0 saturated carbocycles. The van der Waals surface area contributed by atoms with Crippen molar-refractivity contribution in [3.05, 3.63) is 45.1 Å². The molecule has 0 unspecified atom stereocenters. The fourth-order valence-electron chi connectivity index (χ4n) is 1.21. The molecule has 2 rings (SSSR count). The molecule has 0 spiro atoms. The van der Waals surface area contributed by atoms with E-state index in [4.69, 9.17) is 0 Å². The lowest BCUT2D eigenvalue weighted by Gasteiger charge is -2.05. The van der Waals surface area contributed by atoms with Crippen molar-refractivity contribution in [2.75, 3.05) is 0 Å². The molecule has 4 nitrogen and oxygen atoms in total. The number of nitrogens with zero attached hydrogens (tertiary/aromatic N) is 2. The minimum absolute atomic E-state index is 0.113. The molecule has 17 heavy (non-hydrogen) atoms. The molecular formula is C10H7BrFN3OS. The van der Waals surface area contributed by atoms with Crippen LogP contribution in [0.25, 0.3) is 0 Å². The van der Waals surface area contributed by atoms with E-state index >= 15 is 0 Å². The molecule has 0 aliphatic carbocycles. The van der Waals surface area contributed by atoms with Gasteiger partial charge in [-0.15, -0.1) is 5.10 Å². The largest absolute Gasteiger partial charge is 0.346 e. The normalized spacial score (nSPS) is 10.2. The van der Waals surface area contributed by atoms with Crippen LogP contribution in [0.2, 0.25) is 0 Å². The number of hydrogen-bond acceptors (Lipinski definition) is 4. The van der Waals surface area contributed by atoms with Crippen LogP contribution in [-0.4, -0.2) is 15.5 Å². The molecule has 0 atom stereocenters. The highest BCUT2D eigenvalue weighted by Gasteiger charge is 2.09. The van der Waals surface area contributed by atoms with E-state index in [2.05, 4.69) is 30.8 Å². The van der Waals surface area contributed by atoms with Gasteiger partial charge < -0.3 is 5.32 Å². The highest BCUT2D eigenvalue weighted by molar-refractivity contribution is 9.10. The van der Waals surface area contributed by atoms with Crippen molar-refractivity contribution in [2.45, 2.75) is 6.54 Å². The summed E-state index contributed by atoms with van der Waals surface area (Å²) in [5.41, 5.74) is 0.654. The van der Waals surface area contributed by atoms with Crippen LogP contribution in [0.15, 0.2) is 28.1 Å². The summed E-state index contributed by atoms with van der Waals surface area (Å²) < 4.78 is 17.7. The summed E-state index contributed by atoms with van der Waals surface area (Å²) in [6.07, 6.45) is 0. The first-order chi connectivity index (χ1) is 8.16. The Hall–Kier alpha value is -1.34. The fourth-order valence-corrected chi connectivity index (χ4v) is 2.05. The third-order valence-electron chi connectivity index (χ3n) is 2.04. The second kappa shape index (κ2) is 5.33. The lowest BCUT2D eigenvalue weighted by atomic mass is 10.2. The van der Waals surface area contributed by atoms with Gasteiger partial charge in [0.2, 0.25) is 0 Å². The minimum Gasteiger partial charge on any atom is -0.346 e. The van der Waals surface area contributed by atoms with Gasteiger partial charge in [-0.1, -0.05) is 20.4 Å². The van der Waals surface area contributed by atoms with Crippen LogP contribution in [0, 0.1) is 5.82 Å². The van der Waals surface area contributed by atoms with E-state index in [1.54, 1.807) is 12.1 Å². The molecule has 7 heteroatoms. The van der Waals surface area contributed by atoms with Crippen LogP contribution in [0.3, 0.4) is 0 Å². The lowest BCUT2D eigenvalue weighted by Crippen LogP contribution is -2.23. The van der Waals surface area contributed by atoms with Crippen LogP contribution in [0.1, 0.15) is 16.1 Å². The first-order valence-electron chi connectivity index (χ1n) is 4.66. The SMILES string of the molecule is O=C(NCc1cc(Br)ccc1F)c1csnn1. The van der Waals surface area contributed by atoms with Gasteiger partial charge in [0.25, 0.3) is 5.91 Å². The topological polar surface area (TPSA) is 54.9 Å². The third-order valence-corrected chi connectivity index (χ3v) is 3.04. The van der Waals surface area contributed by atoms with E-state index in [-0.39, 0.29) is 24.0 Å². The average Bonchev–Trinajstić information content (AvgIpc) is 2.83. The summed E-state index contributed by atoms with van der Waals surface area (Å²) in [6.45, 7) is 0.113. The van der Waals surface area contributed by atoms with Gasteiger partial charge in [0.05, 0.1) is 0 Å². The van der Waals surface area contributed by atoms with Gasteiger partial charge in [0.15, 0.2) is 5.69 Å². The van der Waals surface area contributed by atoms with Gasteiger partial charge in [-0.3, -0.25) is 4.79 Å². The van der Waals surface area contributed by atoms with Crippen molar-refractivity contribution >= 4 is 33.4 Å². The van der Waals surface area contributed by atoms with E-state index in [9.17, 15) is 9.18 Å². The summed E-state index contributed by atoms with van der Waals surface area (Å²) in [6, 6.07) is 4.57. The molecule has 2 aromatic rings. The van der Waals surface area contributed by atoms with Crippen LogP contribution < -0.4 is 5.32 Å². The number of carbonyl (C=O) groups is 1. The molecule has 0 aliphatic rings. The van der Waals surface area contributed by atoms with E-state index < -0.39 is 0 Å². The summed E-state index contributed by atoms with van der Waals surface area (Å²) in [7, 11) is 0. The van der Waals surface area contributed by atoms with Gasteiger partial charge in [-0.25, -0.2) is 4.39 Å². The molecule has 0 aliphatic heterocycles. The number of carbonyl (C=O) groups excluding carboxylic acids is 1. The van der Waals surface area contributed by atoms with Crippen LogP contribution >= 0.6 is 27.5 Å². The van der Waals surface area contributed by atoms with Crippen molar-refractivity contribution < 1.29 is 9.18 Å². The van der Waals surface area contributed by atoms with Crippen molar-refractivity contribution in [1.82, 2.24) is 14.9 Å². The van der Waals surface area contributed by atoms with Gasteiger partial charge in [-0.05, 0) is 29.7 Å². The Kier molecular flexibility index (Phi) is 3.80. The first-order valence-corrected chi connectivity index (χ1v) is 6.29. The Balaban J connectivity index is 2.03. The monoisotopic (exact) mass is 315 g/mol. The summed E-state index contributed by atoms with van der Waals surface area (Å²) in [4.78, 5) is 11.5. The maximum Gasteiger partial charge on any atom is 0.273 e. The maximum absolute atomic E-state index is 13.4. The zero-order valence-corrected chi connectivity index (χ0v) is 10.9.